The van der Waals surface area contributed by atoms with Crippen LogP contribution in [0.2, 0.25) is 0 Å². The van der Waals surface area contributed by atoms with E-state index in [1.807, 2.05) is 13.8 Å². The predicted octanol–water partition coefficient (Wildman–Crippen LogP) is 1.46. The van der Waals surface area contributed by atoms with E-state index in [-0.39, 0.29) is 17.8 Å². The minimum absolute atomic E-state index is 0.0921. The van der Waals surface area contributed by atoms with Crippen molar-refractivity contribution >= 4 is 11.9 Å². The molecule has 20 heavy (non-hydrogen) atoms. The fraction of sp³-hybridized carbons (Fsp3) is 0.643. The van der Waals surface area contributed by atoms with E-state index in [1.54, 1.807) is 18.0 Å². The van der Waals surface area contributed by atoms with E-state index < -0.39 is 5.41 Å². The average molecular weight is 279 g/mol. The van der Waals surface area contributed by atoms with Crippen molar-refractivity contribution in [2.45, 2.75) is 27.2 Å². The van der Waals surface area contributed by atoms with E-state index in [0.717, 1.165) is 0 Å². The minimum Gasteiger partial charge on any atom is -0.466 e. The number of carbonyl (C=O) groups is 2. The topological polar surface area (TPSA) is 75.3 Å². The first-order valence-corrected chi connectivity index (χ1v) is 6.96. The number of likely N-dealkylation sites (tertiary alicyclic amines) is 1. The molecule has 2 heterocycles. The maximum Gasteiger partial charge on any atom is 0.314 e. The largest absolute Gasteiger partial charge is 0.466 e. The molecule has 2 rings (SSSR count). The lowest BCUT2D eigenvalue weighted by molar-refractivity contribution is -0.157. The number of hydrogen-bond donors (Lipinski definition) is 1. The van der Waals surface area contributed by atoms with Gasteiger partial charge in [-0.3, -0.25) is 14.7 Å². The number of ether oxygens (including phenoxy) is 1. The van der Waals surface area contributed by atoms with Crippen LogP contribution in [0.25, 0.3) is 0 Å². The van der Waals surface area contributed by atoms with Gasteiger partial charge in [-0.05, 0) is 19.3 Å². The van der Waals surface area contributed by atoms with Crippen LogP contribution in [0.3, 0.4) is 0 Å². The van der Waals surface area contributed by atoms with Gasteiger partial charge in [0.15, 0.2) is 0 Å². The van der Waals surface area contributed by atoms with Crippen LogP contribution in [0.1, 0.15) is 37.6 Å². The van der Waals surface area contributed by atoms with Crippen LogP contribution in [-0.2, 0) is 9.53 Å². The smallest absolute Gasteiger partial charge is 0.314 e. The number of nitrogens with one attached hydrogen (secondary N) is 1. The van der Waals surface area contributed by atoms with E-state index in [2.05, 4.69) is 10.2 Å². The lowest BCUT2D eigenvalue weighted by atomic mass is 9.76. The molecule has 1 saturated heterocycles. The van der Waals surface area contributed by atoms with Gasteiger partial charge in [-0.1, -0.05) is 13.8 Å². The van der Waals surface area contributed by atoms with Crippen LogP contribution >= 0.6 is 0 Å². The van der Waals surface area contributed by atoms with Crippen molar-refractivity contribution in [3.8, 4) is 0 Å². The molecule has 1 fully saturated rings. The number of carbonyl (C=O) groups excluding carboxylic acids is 2. The number of rotatable bonds is 4. The molecule has 1 aromatic heterocycles. The predicted molar refractivity (Wildman–Crippen MR) is 73.0 cm³/mol. The molecule has 0 saturated carbocycles. The van der Waals surface area contributed by atoms with Crippen LogP contribution in [0.4, 0.5) is 0 Å². The lowest BCUT2D eigenvalue weighted by Gasteiger charge is -2.30. The zero-order valence-corrected chi connectivity index (χ0v) is 12.2. The van der Waals surface area contributed by atoms with Gasteiger partial charge in [0.25, 0.3) is 5.91 Å². The molecule has 0 bridgehead atoms. The molecule has 6 nitrogen and oxygen atoms in total. The molecule has 1 aromatic rings. The molecule has 0 aliphatic carbocycles. The number of hydrogen-bond acceptors (Lipinski definition) is 4. The molecule has 1 aliphatic heterocycles. The first kappa shape index (κ1) is 14.6. The second kappa shape index (κ2) is 5.64. The van der Waals surface area contributed by atoms with Crippen molar-refractivity contribution in [3.63, 3.8) is 0 Å². The van der Waals surface area contributed by atoms with Crippen molar-refractivity contribution in [1.82, 2.24) is 15.1 Å². The van der Waals surface area contributed by atoms with Crippen LogP contribution in [-0.4, -0.2) is 46.7 Å². The standard InChI is InChI=1S/C14H21N3O3/c1-4-20-13(19)14(10(2)3)5-6-17(9-14)12(18)11-7-15-16-8-11/h7-8,10H,4-6,9H2,1-3H3,(H,15,16). The summed E-state index contributed by atoms with van der Waals surface area (Å²) in [6, 6.07) is 0. The second-order valence-corrected chi connectivity index (χ2v) is 5.49. The maximum atomic E-state index is 12.3. The van der Waals surface area contributed by atoms with Crippen LogP contribution in [0, 0.1) is 11.3 Å². The highest BCUT2D eigenvalue weighted by molar-refractivity contribution is 5.94. The van der Waals surface area contributed by atoms with Gasteiger partial charge in [-0.15, -0.1) is 0 Å². The number of nitrogens with zero attached hydrogens (tertiary/aromatic N) is 2. The Bertz CT molecular complexity index is 484. The summed E-state index contributed by atoms with van der Waals surface area (Å²) in [5.41, 5.74) is -0.0662. The third kappa shape index (κ3) is 2.42. The minimum atomic E-state index is -0.588. The molecule has 0 aromatic carbocycles. The molecular formula is C14H21N3O3. The van der Waals surface area contributed by atoms with Gasteiger partial charge in [-0.25, -0.2) is 0 Å². The van der Waals surface area contributed by atoms with Crippen LogP contribution < -0.4 is 0 Å². The van der Waals surface area contributed by atoms with Gasteiger partial charge in [-0.2, -0.15) is 5.10 Å². The number of aromatic amines is 1. The Balaban J connectivity index is 2.16. The van der Waals surface area contributed by atoms with Gasteiger partial charge >= 0.3 is 5.97 Å². The molecule has 1 unspecified atom stereocenters. The van der Waals surface area contributed by atoms with Gasteiger partial charge in [0, 0.05) is 19.3 Å². The average Bonchev–Trinajstić information content (AvgIpc) is 3.08. The van der Waals surface area contributed by atoms with Crippen molar-refractivity contribution in [2.24, 2.45) is 11.3 Å². The van der Waals surface area contributed by atoms with Crippen LogP contribution in [0.15, 0.2) is 12.4 Å². The van der Waals surface area contributed by atoms with Crippen molar-refractivity contribution in [1.29, 1.82) is 0 Å². The zero-order valence-electron chi connectivity index (χ0n) is 12.2. The number of H-pyrrole nitrogens is 1. The van der Waals surface area contributed by atoms with E-state index in [9.17, 15) is 9.59 Å². The summed E-state index contributed by atoms with van der Waals surface area (Å²) < 4.78 is 5.21. The number of amides is 1. The molecule has 1 N–H and O–H groups in total. The summed E-state index contributed by atoms with van der Waals surface area (Å²) in [6.07, 6.45) is 3.72. The monoisotopic (exact) mass is 279 g/mol. The Hall–Kier alpha value is -1.85. The quantitative estimate of drug-likeness (QED) is 0.847. The Labute approximate surface area is 118 Å². The highest BCUT2D eigenvalue weighted by Gasteiger charge is 2.49. The third-order valence-corrected chi connectivity index (χ3v) is 4.12. The molecule has 1 amide bonds. The number of aromatic nitrogens is 2. The van der Waals surface area contributed by atoms with E-state index in [1.165, 1.54) is 6.20 Å². The molecule has 1 atom stereocenters. The SMILES string of the molecule is CCOC(=O)C1(C(C)C)CCN(C(=O)c2cn[nH]c2)C1. The Kier molecular flexibility index (Phi) is 4.11. The summed E-state index contributed by atoms with van der Waals surface area (Å²) in [5.74, 6) is -0.160. The zero-order chi connectivity index (χ0) is 14.8. The molecule has 0 spiro atoms. The van der Waals surface area contributed by atoms with Gasteiger partial charge in [0.1, 0.15) is 0 Å². The van der Waals surface area contributed by atoms with Gasteiger partial charge in [0.2, 0.25) is 0 Å². The van der Waals surface area contributed by atoms with E-state index in [4.69, 9.17) is 4.74 Å². The maximum absolute atomic E-state index is 12.3. The molecule has 0 radical (unpaired) electrons. The van der Waals surface area contributed by atoms with Crippen LogP contribution in [0.5, 0.6) is 0 Å². The molecule has 1 aliphatic rings. The van der Waals surface area contributed by atoms with Crippen molar-refractivity contribution < 1.29 is 14.3 Å². The summed E-state index contributed by atoms with van der Waals surface area (Å²) in [7, 11) is 0. The van der Waals surface area contributed by atoms with Crippen molar-refractivity contribution in [3.05, 3.63) is 18.0 Å². The first-order chi connectivity index (χ1) is 9.51. The summed E-state index contributed by atoms with van der Waals surface area (Å²) >= 11 is 0. The highest BCUT2D eigenvalue weighted by Crippen LogP contribution is 2.39. The summed E-state index contributed by atoms with van der Waals surface area (Å²) in [4.78, 5) is 26.3. The summed E-state index contributed by atoms with van der Waals surface area (Å²) in [6.45, 7) is 7.15. The first-order valence-electron chi connectivity index (χ1n) is 6.96. The highest BCUT2D eigenvalue weighted by atomic mass is 16.5. The van der Waals surface area contributed by atoms with Gasteiger partial charge < -0.3 is 9.64 Å². The second-order valence-electron chi connectivity index (χ2n) is 5.49. The molecule has 110 valence electrons. The fourth-order valence-electron chi connectivity index (χ4n) is 2.71. The third-order valence-electron chi connectivity index (χ3n) is 4.12. The lowest BCUT2D eigenvalue weighted by Crippen LogP contribution is -2.41. The van der Waals surface area contributed by atoms with Crippen molar-refractivity contribution in [2.75, 3.05) is 19.7 Å². The fourth-order valence-corrected chi connectivity index (χ4v) is 2.71. The normalized spacial score (nSPS) is 22.3. The van der Waals surface area contributed by atoms with Gasteiger partial charge in [0.05, 0.1) is 23.8 Å². The molecular weight excluding hydrogens is 258 g/mol. The summed E-state index contributed by atoms with van der Waals surface area (Å²) in [5, 5.41) is 6.42. The van der Waals surface area contributed by atoms with E-state index in [0.29, 0.717) is 31.7 Å². The Morgan fingerprint density at radius 1 is 1.55 bits per heavy atom. The Morgan fingerprint density at radius 3 is 2.85 bits per heavy atom. The number of esters is 1. The Morgan fingerprint density at radius 2 is 2.30 bits per heavy atom. The molecule has 6 heteroatoms. The van der Waals surface area contributed by atoms with E-state index >= 15 is 0 Å².